The van der Waals surface area contributed by atoms with Gasteiger partial charge in [-0.2, -0.15) is 0 Å². The molecule has 4 rings (SSSR count). The van der Waals surface area contributed by atoms with Gasteiger partial charge in [0.15, 0.2) is 0 Å². The maximum atomic E-state index is 13.4. The molecule has 0 unspecified atom stereocenters. The topological polar surface area (TPSA) is 25.8 Å². The van der Waals surface area contributed by atoms with Gasteiger partial charge in [0, 0.05) is 11.1 Å². The summed E-state index contributed by atoms with van der Waals surface area (Å²) in [7, 11) is 0. The normalized spacial score (nSPS) is 11.2. The highest BCUT2D eigenvalue weighted by molar-refractivity contribution is 5.80. The zero-order valence-corrected chi connectivity index (χ0v) is 14.2. The van der Waals surface area contributed by atoms with Crippen molar-refractivity contribution < 1.29 is 8.78 Å². The predicted molar refractivity (Wildman–Crippen MR) is 98.0 cm³/mol. The zero-order valence-electron chi connectivity index (χ0n) is 14.2. The van der Waals surface area contributed by atoms with Crippen LogP contribution in [0.3, 0.4) is 0 Å². The summed E-state index contributed by atoms with van der Waals surface area (Å²) in [6, 6.07) is 20.4. The molecule has 4 heteroatoms. The Morgan fingerprint density at radius 3 is 1.81 bits per heavy atom. The van der Waals surface area contributed by atoms with Crippen molar-refractivity contribution in [3.63, 3.8) is 0 Å². The van der Waals surface area contributed by atoms with E-state index in [1.165, 1.54) is 24.3 Å². The molecule has 0 atom stereocenters. The van der Waals surface area contributed by atoms with E-state index in [2.05, 4.69) is 0 Å². The average molecular weight is 346 g/mol. The number of para-hydroxylation sites is 1. The summed E-state index contributed by atoms with van der Waals surface area (Å²) < 4.78 is 26.8. The van der Waals surface area contributed by atoms with Crippen molar-refractivity contribution in [2.45, 2.75) is 12.8 Å². The minimum absolute atomic E-state index is 0.304. The van der Waals surface area contributed by atoms with Gasteiger partial charge in [0.1, 0.15) is 17.5 Å². The summed E-state index contributed by atoms with van der Waals surface area (Å²) in [4.78, 5) is 9.44. The molecule has 0 saturated carbocycles. The molecule has 0 aliphatic rings. The van der Waals surface area contributed by atoms with E-state index in [-0.39, 0.29) is 17.6 Å². The van der Waals surface area contributed by atoms with Gasteiger partial charge < -0.3 is 0 Å². The van der Waals surface area contributed by atoms with Gasteiger partial charge in [0.05, 0.1) is 11.4 Å². The first-order chi connectivity index (χ1) is 12.6. The summed E-state index contributed by atoms with van der Waals surface area (Å²) in [5.41, 5.74) is 3.43. The summed E-state index contributed by atoms with van der Waals surface area (Å²) in [5.74, 6) is -0.302. The first-order valence-corrected chi connectivity index (χ1v) is 8.36. The van der Waals surface area contributed by atoms with Crippen LogP contribution in [0.25, 0.3) is 10.9 Å². The lowest BCUT2D eigenvalue weighted by Gasteiger charge is -2.18. The SMILES string of the molecule is Cc1nc(C(c2ccc(F)cc2)c2ccc(F)cc2)nc2ccccc12. The van der Waals surface area contributed by atoms with Crippen molar-refractivity contribution >= 4 is 10.9 Å². The number of benzene rings is 3. The second kappa shape index (κ2) is 6.64. The van der Waals surface area contributed by atoms with Crippen LogP contribution in [0.5, 0.6) is 0 Å². The monoisotopic (exact) mass is 346 g/mol. The second-order valence-corrected chi connectivity index (χ2v) is 6.22. The van der Waals surface area contributed by atoms with E-state index in [0.717, 1.165) is 27.7 Å². The molecule has 0 fully saturated rings. The van der Waals surface area contributed by atoms with Crippen LogP contribution in [0.1, 0.15) is 28.6 Å². The fourth-order valence-electron chi connectivity index (χ4n) is 3.19. The average Bonchev–Trinajstić information content (AvgIpc) is 2.65. The molecular formula is C22H16F2N2. The van der Waals surface area contributed by atoms with Crippen LogP contribution in [0.15, 0.2) is 72.8 Å². The molecule has 0 radical (unpaired) electrons. The Labute approximate surface area is 150 Å². The Morgan fingerprint density at radius 1 is 0.692 bits per heavy atom. The number of hydrogen-bond acceptors (Lipinski definition) is 2. The summed E-state index contributed by atoms with van der Waals surface area (Å²) in [6.07, 6.45) is 0. The fraction of sp³-hybridized carbons (Fsp3) is 0.0909. The summed E-state index contributed by atoms with van der Waals surface area (Å²) in [5, 5.41) is 0.994. The van der Waals surface area contributed by atoms with Crippen LogP contribution in [-0.4, -0.2) is 9.97 Å². The first-order valence-electron chi connectivity index (χ1n) is 8.36. The lowest BCUT2D eigenvalue weighted by atomic mass is 9.90. The third-order valence-electron chi connectivity index (χ3n) is 4.48. The Kier molecular flexibility index (Phi) is 4.17. The van der Waals surface area contributed by atoms with Crippen LogP contribution < -0.4 is 0 Å². The highest BCUT2D eigenvalue weighted by Gasteiger charge is 2.21. The second-order valence-electron chi connectivity index (χ2n) is 6.22. The highest BCUT2D eigenvalue weighted by atomic mass is 19.1. The molecule has 0 bridgehead atoms. The molecule has 26 heavy (non-hydrogen) atoms. The third kappa shape index (κ3) is 3.06. The van der Waals surface area contributed by atoms with Gasteiger partial charge in [0.2, 0.25) is 0 Å². The van der Waals surface area contributed by atoms with Crippen molar-refractivity contribution in [3.8, 4) is 0 Å². The molecule has 1 heterocycles. The maximum absolute atomic E-state index is 13.4. The molecule has 128 valence electrons. The molecule has 0 amide bonds. The molecule has 0 aliphatic carbocycles. The lowest BCUT2D eigenvalue weighted by Crippen LogP contribution is -2.09. The minimum Gasteiger partial charge on any atom is -0.237 e. The molecule has 4 aromatic rings. The third-order valence-corrected chi connectivity index (χ3v) is 4.48. The number of aromatic nitrogens is 2. The van der Waals surface area contributed by atoms with Crippen molar-refractivity contribution in [3.05, 3.63) is 107 Å². The number of aryl methyl sites for hydroxylation is 1. The smallest absolute Gasteiger partial charge is 0.141 e. The van der Waals surface area contributed by atoms with Crippen molar-refractivity contribution in [2.75, 3.05) is 0 Å². The van der Waals surface area contributed by atoms with E-state index in [9.17, 15) is 8.78 Å². The largest absolute Gasteiger partial charge is 0.237 e. The number of hydrogen-bond donors (Lipinski definition) is 0. The Morgan fingerprint density at radius 2 is 1.23 bits per heavy atom. The maximum Gasteiger partial charge on any atom is 0.141 e. The van der Waals surface area contributed by atoms with Crippen LogP contribution >= 0.6 is 0 Å². The number of rotatable bonds is 3. The fourth-order valence-corrected chi connectivity index (χ4v) is 3.19. The van der Waals surface area contributed by atoms with Gasteiger partial charge in [-0.25, -0.2) is 18.7 Å². The molecular weight excluding hydrogens is 330 g/mol. The van der Waals surface area contributed by atoms with E-state index >= 15 is 0 Å². The van der Waals surface area contributed by atoms with Gasteiger partial charge >= 0.3 is 0 Å². The lowest BCUT2D eigenvalue weighted by molar-refractivity contribution is 0.625. The molecule has 0 spiro atoms. The summed E-state index contributed by atoms with van der Waals surface area (Å²) in [6.45, 7) is 1.94. The Bertz CT molecular complexity index is 1010. The summed E-state index contributed by atoms with van der Waals surface area (Å²) >= 11 is 0. The van der Waals surface area contributed by atoms with Crippen LogP contribution in [-0.2, 0) is 0 Å². The molecule has 3 aromatic carbocycles. The van der Waals surface area contributed by atoms with Crippen LogP contribution in [0, 0.1) is 18.6 Å². The zero-order chi connectivity index (χ0) is 18.1. The Balaban J connectivity index is 1.93. The van der Waals surface area contributed by atoms with Gasteiger partial charge in [-0.3, -0.25) is 0 Å². The van der Waals surface area contributed by atoms with E-state index < -0.39 is 0 Å². The number of fused-ring (bicyclic) bond motifs is 1. The molecule has 0 N–H and O–H groups in total. The van der Waals surface area contributed by atoms with Gasteiger partial charge in [-0.15, -0.1) is 0 Å². The number of halogens is 2. The van der Waals surface area contributed by atoms with E-state index in [0.29, 0.717) is 5.82 Å². The van der Waals surface area contributed by atoms with E-state index in [4.69, 9.17) is 9.97 Å². The highest BCUT2D eigenvalue weighted by Crippen LogP contribution is 2.31. The van der Waals surface area contributed by atoms with E-state index in [1.54, 1.807) is 24.3 Å². The van der Waals surface area contributed by atoms with Crippen molar-refractivity contribution in [2.24, 2.45) is 0 Å². The van der Waals surface area contributed by atoms with Crippen LogP contribution in [0.2, 0.25) is 0 Å². The van der Waals surface area contributed by atoms with Crippen LogP contribution in [0.4, 0.5) is 8.78 Å². The van der Waals surface area contributed by atoms with Gasteiger partial charge in [0.25, 0.3) is 0 Å². The quantitative estimate of drug-likeness (QED) is 0.496. The van der Waals surface area contributed by atoms with Crippen molar-refractivity contribution in [1.82, 2.24) is 9.97 Å². The first kappa shape index (κ1) is 16.3. The molecule has 1 aromatic heterocycles. The minimum atomic E-state index is -0.306. The van der Waals surface area contributed by atoms with Gasteiger partial charge in [-0.1, -0.05) is 42.5 Å². The predicted octanol–water partition coefficient (Wildman–Crippen LogP) is 5.40. The number of nitrogens with zero attached hydrogens (tertiary/aromatic N) is 2. The van der Waals surface area contributed by atoms with Gasteiger partial charge in [-0.05, 0) is 48.4 Å². The molecule has 0 saturated heterocycles. The standard InChI is InChI=1S/C22H16F2N2/c1-14-19-4-2-3-5-20(19)26-22(25-14)21(15-6-10-17(23)11-7-15)16-8-12-18(24)13-9-16/h2-13,21H,1H3. The molecule has 2 nitrogen and oxygen atoms in total. The Hall–Kier alpha value is -3.14. The van der Waals surface area contributed by atoms with Crippen molar-refractivity contribution in [1.29, 1.82) is 0 Å². The van der Waals surface area contributed by atoms with E-state index in [1.807, 2.05) is 31.2 Å². The molecule has 0 aliphatic heterocycles.